The summed E-state index contributed by atoms with van der Waals surface area (Å²) in [6, 6.07) is 7.86. The molecule has 0 unspecified atom stereocenters. The number of fused-ring (bicyclic) bond motifs is 1. The van der Waals surface area contributed by atoms with Gasteiger partial charge < -0.3 is 10.1 Å². The third-order valence-electron chi connectivity index (χ3n) is 3.72. The molecule has 16 heavy (non-hydrogen) atoms. The quantitative estimate of drug-likeness (QED) is 0.809. The molecule has 2 N–H and O–H groups in total. The van der Waals surface area contributed by atoms with Crippen molar-refractivity contribution in [3.05, 3.63) is 36.0 Å². The summed E-state index contributed by atoms with van der Waals surface area (Å²) in [6.07, 6.45) is 4.37. The van der Waals surface area contributed by atoms with E-state index in [-0.39, 0.29) is 0 Å². The number of aliphatic carboxylic acids is 1. The summed E-state index contributed by atoms with van der Waals surface area (Å²) >= 11 is 0. The van der Waals surface area contributed by atoms with Gasteiger partial charge in [0, 0.05) is 11.7 Å². The summed E-state index contributed by atoms with van der Waals surface area (Å²) in [5, 5.41) is 10.5. The van der Waals surface area contributed by atoms with E-state index in [9.17, 15) is 9.90 Å². The molecule has 1 aliphatic carbocycles. The number of hydrogen-bond acceptors (Lipinski definition) is 1. The van der Waals surface area contributed by atoms with E-state index in [1.165, 1.54) is 0 Å². The maximum absolute atomic E-state index is 11.5. The Morgan fingerprint density at radius 3 is 2.75 bits per heavy atom. The zero-order chi connectivity index (χ0) is 11.2. The average Bonchev–Trinajstić information content (AvgIpc) is 2.63. The fraction of sp³-hybridized carbons (Fsp3) is 0.308. The lowest BCUT2D eigenvalue weighted by molar-refractivity contribution is -0.147. The summed E-state index contributed by atoms with van der Waals surface area (Å²) in [6.45, 7) is 0. The van der Waals surface area contributed by atoms with E-state index in [1.54, 1.807) is 0 Å². The number of carbonyl (C=O) groups is 1. The average molecular weight is 215 g/mol. The van der Waals surface area contributed by atoms with Gasteiger partial charge >= 0.3 is 5.97 Å². The van der Waals surface area contributed by atoms with Crippen LogP contribution < -0.4 is 0 Å². The molecule has 1 saturated carbocycles. The van der Waals surface area contributed by atoms with E-state index >= 15 is 0 Å². The Morgan fingerprint density at radius 1 is 1.31 bits per heavy atom. The van der Waals surface area contributed by atoms with Crippen molar-refractivity contribution in [1.29, 1.82) is 0 Å². The molecule has 1 heterocycles. The molecule has 0 amide bonds. The van der Waals surface area contributed by atoms with E-state index in [2.05, 4.69) is 4.98 Å². The third kappa shape index (κ3) is 1.06. The summed E-state index contributed by atoms with van der Waals surface area (Å²) in [4.78, 5) is 14.6. The molecule has 82 valence electrons. The largest absolute Gasteiger partial charge is 0.481 e. The molecule has 0 aliphatic heterocycles. The molecule has 1 aromatic heterocycles. The number of aromatic nitrogens is 1. The smallest absolute Gasteiger partial charge is 0.314 e. The molecule has 3 nitrogen and oxygen atoms in total. The van der Waals surface area contributed by atoms with Gasteiger partial charge in [-0.05, 0) is 29.9 Å². The topological polar surface area (TPSA) is 53.1 Å². The van der Waals surface area contributed by atoms with Crippen molar-refractivity contribution in [3.8, 4) is 0 Å². The van der Waals surface area contributed by atoms with Crippen LogP contribution >= 0.6 is 0 Å². The molecule has 0 saturated heterocycles. The first kappa shape index (κ1) is 9.46. The lowest BCUT2D eigenvalue weighted by atomic mass is 9.64. The fourth-order valence-electron chi connectivity index (χ4n) is 2.61. The highest BCUT2D eigenvalue weighted by molar-refractivity contribution is 5.91. The summed E-state index contributed by atoms with van der Waals surface area (Å²) in [5.41, 5.74) is 1.27. The Balaban J connectivity index is 2.25. The van der Waals surface area contributed by atoms with Gasteiger partial charge in [0.2, 0.25) is 0 Å². The van der Waals surface area contributed by atoms with E-state index in [1.807, 2.05) is 30.5 Å². The van der Waals surface area contributed by atoms with Crippen LogP contribution in [0.25, 0.3) is 10.9 Å². The molecule has 3 heteroatoms. The summed E-state index contributed by atoms with van der Waals surface area (Å²) in [7, 11) is 0. The number of carboxylic acids is 1. The van der Waals surface area contributed by atoms with E-state index in [0.717, 1.165) is 35.7 Å². The molecule has 0 atom stereocenters. The number of benzene rings is 1. The van der Waals surface area contributed by atoms with Gasteiger partial charge in [0.15, 0.2) is 0 Å². The second-order valence-electron chi connectivity index (χ2n) is 4.49. The highest BCUT2D eigenvalue weighted by Gasteiger charge is 2.46. The minimum atomic E-state index is -0.694. The monoisotopic (exact) mass is 215 g/mol. The first-order valence-electron chi connectivity index (χ1n) is 5.54. The number of hydrogen-bond donors (Lipinski definition) is 2. The number of rotatable bonds is 2. The minimum absolute atomic E-state index is 0.648. The van der Waals surface area contributed by atoms with Gasteiger partial charge in [-0.1, -0.05) is 24.6 Å². The highest BCUT2D eigenvalue weighted by atomic mass is 16.4. The van der Waals surface area contributed by atoms with Crippen molar-refractivity contribution in [1.82, 2.24) is 4.98 Å². The summed E-state index contributed by atoms with van der Waals surface area (Å²) < 4.78 is 0. The Hall–Kier alpha value is -1.77. The Bertz CT molecular complexity index is 552. The normalized spacial score (nSPS) is 18.2. The molecule has 0 radical (unpaired) electrons. The molecule has 3 rings (SSSR count). The maximum atomic E-state index is 11.5. The van der Waals surface area contributed by atoms with Crippen LogP contribution in [0.1, 0.15) is 24.8 Å². The predicted octanol–water partition coefficient (Wildman–Crippen LogP) is 2.67. The Morgan fingerprint density at radius 2 is 2.12 bits per heavy atom. The zero-order valence-electron chi connectivity index (χ0n) is 8.86. The molecule has 1 fully saturated rings. The van der Waals surface area contributed by atoms with Crippen molar-refractivity contribution in [3.63, 3.8) is 0 Å². The SMILES string of the molecule is O=C(O)C1(c2cccc3cc[nH]c23)CCC1. The van der Waals surface area contributed by atoms with Gasteiger partial charge in [-0.3, -0.25) is 4.79 Å². The van der Waals surface area contributed by atoms with Crippen molar-refractivity contribution in [2.45, 2.75) is 24.7 Å². The van der Waals surface area contributed by atoms with Crippen LogP contribution in [0.4, 0.5) is 0 Å². The zero-order valence-corrected chi connectivity index (χ0v) is 8.86. The van der Waals surface area contributed by atoms with Gasteiger partial charge in [-0.15, -0.1) is 0 Å². The van der Waals surface area contributed by atoms with Gasteiger partial charge in [0.1, 0.15) is 0 Å². The molecule has 2 aromatic rings. The van der Waals surface area contributed by atoms with Crippen LogP contribution in [0.3, 0.4) is 0 Å². The molecular formula is C13H13NO2. The van der Waals surface area contributed by atoms with E-state index in [4.69, 9.17) is 0 Å². The Labute approximate surface area is 93.1 Å². The molecular weight excluding hydrogens is 202 g/mol. The first-order chi connectivity index (χ1) is 7.74. The predicted molar refractivity (Wildman–Crippen MR) is 61.5 cm³/mol. The van der Waals surface area contributed by atoms with E-state index < -0.39 is 11.4 Å². The number of para-hydroxylation sites is 1. The van der Waals surface area contributed by atoms with Crippen molar-refractivity contribution >= 4 is 16.9 Å². The van der Waals surface area contributed by atoms with Crippen LogP contribution in [0.15, 0.2) is 30.5 Å². The third-order valence-corrected chi connectivity index (χ3v) is 3.72. The lowest BCUT2D eigenvalue weighted by Crippen LogP contribution is -2.42. The van der Waals surface area contributed by atoms with Gasteiger partial charge in [-0.2, -0.15) is 0 Å². The number of H-pyrrole nitrogens is 1. The lowest BCUT2D eigenvalue weighted by Gasteiger charge is -2.38. The van der Waals surface area contributed by atoms with Crippen LogP contribution in [-0.4, -0.2) is 16.1 Å². The first-order valence-corrected chi connectivity index (χ1v) is 5.54. The number of nitrogens with one attached hydrogen (secondary N) is 1. The van der Waals surface area contributed by atoms with Crippen LogP contribution in [0, 0.1) is 0 Å². The van der Waals surface area contributed by atoms with Gasteiger partial charge in [-0.25, -0.2) is 0 Å². The minimum Gasteiger partial charge on any atom is -0.481 e. The van der Waals surface area contributed by atoms with Crippen molar-refractivity contribution < 1.29 is 9.90 Å². The van der Waals surface area contributed by atoms with Crippen LogP contribution in [0.2, 0.25) is 0 Å². The van der Waals surface area contributed by atoms with Crippen molar-refractivity contribution in [2.75, 3.05) is 0 Å². The summed E-state index contributed by atoms with van der Waals surface area (Å²) in [5.74, 6) is -0.694. The number of aromatic amines is 1. The molecule has 1 aliphatic rings. The fourth-order valence-corrected chi connectivity index (χ4v) is 2.61. The molecule has 0 spiro atoms. The Kier molecular flexibility index (Phi) is 1.84. The van der Waals surface area contributed by atoms with Crippen LogP contribution in [0.5, 0.6) is 0 Å². The highest BCUT2D eigenvalue weighted by Crippen LogP contribution is 2.45. The second-order valence-corrected chi connectivity index (χ2v) is 4.49. The standard InChI is InChI=1S/C13H13NO2/c15-12(16)13(6-2-7-13)10-4-1-3-9-5-8-14-11(9)10/h1,3-5,8,14H,2,6-7H2,(H,15,16). The van der Waals surface area contributed by atoms with Crippen molar-refractivity contribution in [2.24, 2.45) is 0 Å². The van der Waals surface area contributed by atoms with E-state index in [0.29, 0.717) is 0 Å². The van der Waals surface area contributed by atoms with Gasteiger partial charge in [0.05, 0.1) is 5.41 Å². The molecule has 1 aromatic carbocycles. The van der Waals surface area contributed by atoms with Gasteiger partial charge in [0.25, 0.3) is 0 Å². The second kappa shape index (κ2) is 3.11. The van der Waals surface area contributed by atoms with Crippen LogP contribution in [-0.2, 0) is 10.2 Å². The molecule has 0 bridgehead atoms. The number of carboxylic acid groups (broad SMARTS) is 1. The maximum Gasteiger partial charge on any atom is 0.314 e.